The van der Waals surface area contributed by atoms with Gasteiger partial charge in [-0.05, 0) is 79.8 Å². The number of imide groups is 1. The number of pyridine rings is 1. The van der Waals surface area contributed by atoms with E-state index in [-0.39, 0.29) is 17.0 Å². The molecule has 1 aliphatic heterocycles. The zero-order chi connectivity index (χ0) is 23.5. The number of fused-ring (bicyclic) bond motifs is 1. The van der Waals surface area contributed by atoms with E-state index in [2.05, 4.69) is 25.6 Å². The molecule has 1 aromatic carbocycles. The fourth-order valence-electron chi connectivity index (χ4n) is 4.46. The molecule has 3 heterocycles. The highest BCUT2D eigenvalue weighted by Gasteiger charge is 2.25. The number of aromatic nitrogens is 3. The molecular weight excluding hydrogens is 453 g/mol. The van der Waals surface area contributed by atoms with Gasteiger partial charge in [-0.2, -0.15) is 0 Å². The van der Waals surface area contributed by atoms with Crippen LogP contribution in [0.3, 0.4) is 0 Å². The maximum Gasteiger partial charge on any atom is 0.290 e. The maximum absolute atomic E-state index is 13.3. The molecule has 2 fully saturated rings. The van der Waals surface area contributed by atoms with Crippen LogP contribution >= 0.6 is 11.8 Å². The largest absolute Gasteiger partial charge is 0.308 e. The number of hydrogen-bond acceptors (Lipinski definition) is 7. The van der Waals surface area contributed by atoms with Gasteiger partial charge in [-0.1, -0.05) is 6.07 Å². The van der Waals surface area contributed by atoms with Crippen LogP contribution in [-0.2, 0) is 17.8 Å². The molecule has 1 saturated carbocycles. The third-order valence-corrected chi connectivity index (χ3v) is 7.06. The van der Waals surface area contributed by atoms with Crippen LogP contribution in [0.1, 0.15) is 42.9 Å². The van der Waals surface area contributed by atoms with E-state index in [9.17, 15) is 14.0 Å². The van der Waals surface area contributed by atoms with Gasteiger partial charge in [0.2, 0.25) is 0 Å². The van der Waals surface area contributed by atoms with Crippen LogP contribution in [0.2, 0.25) is 0 Å². The van der Waals surface area contributed by atoms with Gasteiger partial charge in [0.05, 0.1) is 21.8 Å². The smallest absolute Gasteiger partial charge is 0.290 e. The van der Waals surface area contributed by atoms with Crippen molar-refractivity contribution < 1.29 is 14.0 Å². The summed E-state index contributed by atoms with van der Waals surface area (Å²) in [5.41, 5.74) is 2.40. The molecule has 2 amide bonds. The molecule has 34 heavy (non-hydrogen) atoms. The van der Waals surface area contributed by atoms with Crippen molar-refractivity contribution in [2.75, 3.05) is 0 Å². The number of hydrogen-bond donors (Lipinski definition) is 2. The first-order valence-corrected chi connectivity index (χ1v) is 12.2. The minimum Gasteiger partial charge on any atom is -0.308 e. The Kier molecular flexibility index (Phi) is 6.64. The van der Waals surface area contributed by atoms with Gasteiger partial charge >= 0.3 is 0 Å². The number of nitrogens with one attached hydrogen (secondary N) is 2. The zero-order valence-electron chi connectivity index (χ0n) is 18.5. The lowest BCUT2D eigenvalue weighted by atomic mass is 9.84. The molecular formula is C25H24FN5O2S. The van der Waals surface area contributed by atoms with Crippen molar-refractivity contribution in [2.24, 2.45) is 5.92 Å². The summed E-state index contributed by atoms with van der Waals surface area (Å²) >= 11 is 0.889. The second-order valence-electron chi connectivity index (χ2n) is 8.69. The summed E-state index contributed by atoms with van der Waals surface area (Å²) in [6.07, 6.45) is 8.45. The number of amides is 2. The quantitative estimate of drug-likeness (QED) is 0.509. The van der Waals surface area contributed by atoms with Crippen molar-refractivity contribution in [1.82, 2.24) is 25.6 Å². The van der Waals surface area contributed by atoms with Gasteiger partial charge in [-0.25, -0.2) is 14.4 Å². The summed E-state index contributed by atoms with van der Waals surface area (Å²) in [5, 5.41) is 6.32. The lowest BCUT2D eigenvalue weighted by molar-refractivity contribution is -0.115. The number of carbonyl (C=O) groups is 2. The number of halogens is 1. The SMILES string of the molecule is O=C1NC(=O)/C(=C/c2ccnc(CC3CCC(NCc4ccc5cc(F)ccc5n4)CC3)n2)S1. The Balaban J connectivity index is 1.12. The molecule has 1 saturated heterocycles. The Bertz CT molecular complexity index is 1270. The standard InChI is InChI=1S/C25H24FN5O2S/c26-17-4-8-21-16(12-17)3-7-20(29-21)14-28-18-5-1-15(2-6-18)11-23-27-10-9-19(30-23)13-22-24(32)31-25(33)34-22/h3-4,7-10,12-13,15,18,28H,1-2,5-6,11,14H2,(H,31,32,33)/b22-13-. The summed E-state index contributed by atoms with van der Waals surface area (Å²) in [7, 11) is 0. The molecule has 0 atom stereocenters. The van der Waals surface area contributed by atoms with Crippen molar-refractivity contribution in [2.45, 2.75) is 44.7 Å². The second kappa shape index (κ2) is 9.99. The molecule has 0 bridgehead atoms. The van der Waals surface area contributed by atoms with Crippen molar-refractivity contribution >= 4 is 39.9 Å². The Morgan fingerprint density at radius 2 is 1.94 bits per heavy atom. The van der Waals surface area contributed by atoms with Crippen LogP contribution in [0.5, 0.6) is 0 Å². The highest BCUT2D eigenvalue weighted by Crippen LogP contribution is 2.28. The Hall–Kier alpha value is -3.17. The average molecular weight is 478 g/mol. The predicted octanol–water partition coefficient (Wildman–Crippen LogP) is 4.38. The molecule has 2 aromatic heterocycles. The Morgan fingerprint density at radius 3 is 2.74 bits per heavy atom. The first kappa shape index (κ1) is 22.6. The van der Waals surface area contributed by atoms with Gasteiger partial charge in [0.25, 0.3) is 11.1 Å². The third-order valence-electron chi connectivity index (χ3n) is 6.25. The van der Waals surface area contributed by atoms with Crippen molar-refractivity contribution in [3.63, 3.8) is 0 Å². The van der Waals surface area contributed by atoms with Gasteiger partial charge in [0.15, 0.2) is 0 Å². The maximum atomic E-state index is 13.3. The van der Waals surface area contributed by atoms with Crippen molar-refractivity contribution in [3.8, 4) is 0 Å². The van der Waals surface area contributed by atoms with Crippen LogP contribution in [-0.4, -0.2) is 32.1 Å². The highest BCUT2D eigenvalue weighted by molar-refractivity contribution is 8.18. The van der Waals surface area contributed by atoms with E-state index in [1.54, 1.807) is 24.4 Å². The van der Waals surface area contributed by atoms with Crippen LogP contribution in [0, 0.1) is 11.7 Å². The summed E-state index contributed by atoms with van der Waals surface area (Å²) < 4.78 is 13.3. The Labute approximate surface area is 200 Å². The molecule has 2 N–H and O–H groups in total. The van der Waals surface area contributed by atoms with Crippen LogP contribution < -0.4 is 10.6 Å². The van der Waals surface area contributed by atoms with Crippen LogP contribution in [0.4, 0.5) is 9.18 Å². The molecule has 0 spiro atoms. The normalized spacial score (nSPS) is 21.9. The third kappa shape index (κ3) is 5.48. The van der Waals surface area contributed by atoms with Gasteiger partial charge in [0.1, 0.15) is 11.6 Å². The number of nitrogens with zero attached hydrogens (tertiary/aromatic N) is 3. The van der Waals surface area contributed by atoms with E-state index in [4.69, 9.17) is 0 Å². The average Bonchev–Trinajstić information content (AvgIpc) is 3.15. The minimum atomic E-state index is -0.381. The van der Waals surface area contributed by atoms with Crippen molar-refractivity contribution in [1.29, 1.82) is 0 Å². The molecule has 0 radical (unpaired) electrons. The van der Waals surface area contributed by atoms with E-state index in [0.717, 1.165) is 66.3 Å². The summed E-state index contributed by atoms with van der Waals surface area (Å²) in [6.45, 7) is 0.691. The van der Waals surface area contributed by atoms with E-state index in [1.165, 1.54) is 12.1 Å². The van der Waals surface area contributed by atoms with Gasteiger partial charge in [0, 0.05) is 30.6 Å². The molecule has 1 aliphatic carbocycles. The van der Waals surface area contributed by atoms with E-state index < -0.39 is 0 Å². The zero-order valence-corrected chi connectivity index (χ0v) is 19.3. The molecule has 7 nitrogen and oxygen atoms in total. The summed E-state index contributed by atoms with van der Waals surface area (Å²) in [5.74, 6) is 0.647. The lowest BCUT2D eigenvalue weighted by Crippen LogP contribution is -2.33. The van der Waals surface area contributed by atoms with Crippen molar-refractivity contribution in [3.05, 3.63) is 70.5 Å². The fraction of sp³-hybridized carbons (Fsp3) is 0.320. The first-order valence-electron chi connectivity index (χ1n) is 11.4. The lowest BCUT2D eigenvalue weighted by Gasteiger charge is -2.29. The second-order valence-corrected chi connectivity index (χ2v) is 9.71. The monoisotopic (exact) mass is 477 g/mol. The molecule has 2 aliphatic rings. The van der Waals surface area contributed by atoms with Gasteiger partial charge < -0.3 is 5.32 Å². The predicted molar refractivity (Wildman–Crippen MR) is 129 cm³/mol. The molecule has 174 valence electrons. The molecule has 0 unspecified atom stereocenters. The number of carbonyl (C=O) groups excluding carboxylic acids is 2. The van der Waals surface area contributed by atoms with Gasteiger partial charge in [-0.15, -0.1) is 0 Å². The summed E-state index contributed by atoms with van der Waals surface area (Å²) in [4.78, 5) is 37.1. The Morgan fingerprint density at radius 1 is 1.09 bits per heavy atom. The highest BCUT2D eigenvalue weighted by atomic mass is 32.2. The number of rotatable bonds is 6. The fourth-order valence-corrected chi connectivity index (χ4v) is 5.13. The molecule has 9 heteroatoms. The van der Waals surface area contributed by atoms with E-state index in [0.29, 0.717) is 29.1 Å². The van der Waals surface area contributed by atoms with E-state index in [1.807, 2.05) is 12.1 Å². The first-order chi connectivity index (χ1) is 16.5. The van der Waals surface area contributed by atoms with Crippen LogP contribution in [0.15, 0.2) is 47.5 Å². The van der Waals surface area contributed by atoms with Crippen LogP contribution in [0.25, 0.3) is 17.0 Å². The summed E-state index contributed by atoms with van der Waals surface area (Å²) in [6, 6.07) is 10.7. The topological polar surface area (TPSA) is 96.9 Å². The van der Waals surface area contributed by atoms with E-state index >= 15 is 0 Å². The molecule has 5 rings (SSSR count). The number of thioether (sulfide) groups is 1. The van der Waals surface area contributed by atoms with Gasteiger partial charge in [-0.3, -0.25) is 19.9 Å². The minimum absolute atomic E-state index is 0.247. The molecule has 3 aromatic rings. The number of benzene rings is 1.